The van der Waals surface area contributed by atoms with Crippen molar-refractivity contribution in [3.8, 4) is 5.75 Å². The zero-order chi connectivity index (χ0) is 17.3. The van der Waals surface area contributed by atoms with Gasteiger partial charge in [-0.05, 0) is 50.6 Å². The Morgan fingerprint density at radius 1 is 1.17 bits per heavy atom. The third kappa shape index (κ3) is 3.04. The van der Waals surface area contributed by atoms with Crippen LogP contribution in [0.25, 0.3) is 10.9 Å². The average molecular weight is 342 g/mol. The summed E-state index contributed by atoms with van der Waals surface area (Å²) in [5.41, 5.74) is 3.85. The second-order valence-electron chi connectivity index (χ2n) is 5.94. The Kier molecular flexibility index (Phi) is 4.63. The van der Waals surface area contributed by atoms with Crippen molar-refractivity contribution < 1.29 is 9.53 Å². The molecule has 0 aliphatic rings. The number of benzene rings is 2. The Morgan fingerprint density at radius 2 is 1.92 bits per heavy atom. The van der Waals surface area contributed by atoms with Crippen LogP contribution < -0.4 is 4.74 Å². The molecule has 0 radical (unpaired) electrons. The SMILES string of the molecule is CC(=O)c1c(C)n(CCOc2ccc(Cl)c(C)c2)c2ccccc12. The zero-order valence-corrected chi connectivity index (χ0v) is 14.9. The molecule has 0 amide bonds. The summed E-state index contributed by atoms with van der Waals surface area (Å²) < 4.78 is 8.00. The normalized spacial score (nSPS) is 11.0. The van der Waals surface area contributed by atoms with Crippen LogP contribution in [0.15, 0.2) is 42.5 Å². The van der Waals surface area contributed by atoms with Crippen molar-refractivity contribution in [3.05, 3.63) is 64.3 Å². The third-order valence-corrected chi connectivity index (χ3v) is 4.72. The molecule has 0 bridgehead atoms. The number of aromatic nitrogens is 1. The minimum absolute atomic E-state index is 0.0942. The van der Waals surface area contributed by atoms with Crippen LogP contribution in [0.5, 0.6) is 5.75 Å². The minimum Gasteiger partial charge on any atom is -0.492 e. The van der Waals surface area contributed by atoms with Crippen LogP contribution >= 0.6 is 11.6 Å². The fourth-order valence-corrected chi connectivity index (χ4v) is 3.24. The molecule has 0 atom stereocenters. The monoisotopic (exact) mass is 341 g/mol. The molecule has 0 aliphatic carbocycles. The van der Waals surface area contributed by atoms with Crippen LogP contribution in [0.1, 0.15) is 28.5 Å². The molecule has 0 unspecified atom stereocenters. The van der Waals surface area contributed by atoms with Gasteiger partial charge in [-0.15, -0.1) is 0 Å². The van der Waals surface area contributed by atoms with Crippen LogP contribution in [0.2, 0.25) is 5.02 Å². The number of aryl methyl sites for hydroxylation is 1. The van der Waals surface area contributed by atoms with Gasteiger partial charge < -0.3 is 9.30 Å². The van der Waals surface area contributed by atoms with Gasteiger partial charge in [0.1, 0.15) is 12.4 Å². The fraction of sp³-hybridized carbons (Fsp3) is 0.250. The molecular weight excluding hydrogens is 322 g/mol. The van der Waals surface area contributed by atoms with Gasteiger partial charge in [-0.3, -0.25) is 4.79 Å². The lowest BCUT2D eigenvalue weighted by atomic mass is 10.1. The number of carbonyl (C=O) groups is 1. The number of para-hydroxylation sites is 1. The van der Waals surface area contributed by atoms with Crippen molar-refractivity contribution in [2.24, 2.45) is 0 Å². The number of carbonyl (C=O) groups excluding carboxylic acids is 1. The molecule has 0 spiro atoms. The van der Waals surface area contributed by atoms with E-state index in [4.69, 9.17) is 16.3 Å². The van der Waals surface area contributed by atoms with E-state index in [9.17, 15) is 4.79 Å². The molecule has 3 aromatic rings. The van der Waals surface area contributed by atoms with Crippen molar-refractivity contribution in [2.45, 2.75) is 27.3 Å². The highest BCUT2D eigenvalue weighted by molar-refractivity contribution is 6.31. The lowest BCUT2D eigenvalue weighted by Gasteiger charge is -2.11. The molecule has 3 nitrogen and oxygen atoms in total. The molecule has 1 aromatic heterocycles. The lowest BCUT2D eigenvalue weighted by molar-refractivity contribution is 0.101. The molecule has 2 aromatic carbocycles. The van der Waals surface area contributed by atoms with Crippen molar-refractivity contribution in [1.29, 1.82) is 0 Å². The summed E-state index contributed by atoms with van der Waals surface area (Å²) in [6.45, 7) is 6.77. The summed E-state index contributed by atoms with van der Waals surface area (Å²) in [6.07, 6.45) is 0. The van der Waals surface area contributed by atoms with Crippen molar-refractivity contribution in [3.63, 3.8) is 0 Å². The van der Waals surface area contributed by atoms with E-state index < -0.39 is 0 Å². The number of nitrogens with zero attached hydrogens (tertiary/aromatic N) is 1. The first-order valence-corrected chi connectivity index (χ1v) is 8.34. The number of ketones is 1. The standard InChI is InChI=1S/C20H20ClNO2/c1-13-12-16(8-9-18(13)21)24-11-10-22-14(2)20(15(3)23)17-6-4-5-7-19(17)22/h4-9,12H,10-11H2,1-3H3. The Balaban J connectivity index is 1.84. The van der Waals surface area contributed by atoms with Gasteiger partial charge in [0.25, 0.3) is 0 Å². The number of Topliss-reactive ketones (excluding diaryl/α,β-unsaturated/α-hetero) is 1. The largest absolute Gasteiger partial charge is 0.492 e. The van der Waals surface area contributed by atoms with Gasteiger partial charge in [0, 0.05) is 27.2 Å². The lowest BCUT2D eigenvalue weighted by Crippen LogP contribution is -2.10. The number of hydrogen-bond acceptors (Lipinski definition) is 2. The Hall–Kier alpha value is -2.26. The highest BCUT2D eigenvalue weighted by Gasteiger charge is 2.16. The smallest absolute Gasteiger partial charge is 0.162 e. The summed E-state index contributed by atoms with van der Waals surface area (Å²) >= 11 is 6.04. The molecule has 0 fully saturated rings. The highest BCUT2D eigenvalue weighted by atomic mass is 35.5. The zero-order valence-electron chi connectivity index (χ0n) is 14.1. The van der Waals surface area contributed by atoms with E-state index in [-0.39, 0.29) is 5.78 Å². The predicted molar refractivity (Wildman–Crippen MR) is 98.4 cm³/mol. The van der Waals surface area contributed by atoms with Gasteiger partial charge in [0.05, 0.1) is 6.54 Å². The second-order valence-corrected chi connectivity index (χ2v) is 6.35. The molecule has 124 valence electrons. The highest BCUT2D eigenvalue weighted by Crippen LogP contribution is 2.26. The van der Waals surface area contributed by atoms with Crippen molar-refractivity contribution in [2.75, 3.05) is 6.61 Å². The van der Waals surface area contributed by atoms with Crippen molar-refractivity contribution >= 4 is 28.3 Å². The van der Waals surface area contributed by atoms with Crippen LogP contribution in [0.3, 0.4) is 0 Å². The van der Waals surface area contributed by atoms with Crippen molar-refractivity contribution in [1.82, 2.24) is 4.57 Å². The van der Waals surface area contributed by atoms with Gasteiger partial charge >= 0.3 is 0 Å². The molecule has 0 aliphatic heterocycles. The maximum absolute atomic E-state index is 12.0. The molecule has 24 heavy (non-hydrogen) atoms. The first kappa shape index (κ1) is 16.6. The van der Waals surface area contributed by atoms with Crippen LogP contribution in [0, 0.1) is 13.8 Å². The van der Waals surface area contributed by atoms with Gasteiger partial charge in [0.2, 0.25) is 0 Å². The Morgan fingerprint density at radius 3 is 2.62 bits per heavy atom. The van der Waals surface area contributed by atoms with E-state index in [1.54, 1.807) is 6.92 Å². The van der Waals surface area contributed by atoms with Gasteiger partial charge in [-0.2, -0.15) is 0 Å². The van der Waals surface area contributed by atoms with E-state index in [0.29, 0.717) is 13.2 Å². The molecule has 1 heterocycles. The maximum Gasteiger partial charge on any atom is 0.162 e. The van der Waals surface area contributed by atoms with E-state index in [1.165, 1.54) is 0 Å². The summed E-state index contributed by atoms with van der Waals surface area (Å²) in [6, 6.07) is 13.6. The molecule has 3 rings (SSSR count). The molecule has 0 N–H and O–H groups in total. The fourth-order valence-electron chi connectivity index (χ4n) is 3.13. The topological polar surface area (TPSA) is 31.2 Å². The number of rotatable bonds is 5. The summed E-state index contributed by atoms with van der Waals surface area (Å²) in [7, 11) is 0. The Bertz CT molecular complexity index is 911. The van der Waals surface area contributed by atoms with E-state index in [0.717, 1.165) is 38.5 Å². The van der Waals surface area contributed by atoms with E-state index in [2.05, 4.69) is 4.57 Å². The summed E-state index contributed by atoms with van der Waals surface area (Å²) in [4.78, 5) is 12.0. The van der Waals surface area contributed by atoms with Crippen LogP contribution in [-0.4, -0.2) is 17.0 Å². The van der Waals surface area contributed by atoms with Gasteiger partial charge in [-0.1, -0.05) is 29.8 Å². The maximum atomic E-state index is 12.0. The molecule has 0 saturated heterocycles. The second kappa shape index (κ2) is 6.70. The number of hydrogen-bond donors (Lipinski definition) is 0. The van der Waals surface area contributed by atoms with E-state index in [1.807, 2.05) is 56.3 Å². The Labute approximate surface area is 146 Å². The first-order chi connectivity index (χ1) is 11.5. The van der Waals surface area contributed by atoms with Gasteiger partial charge in [-0.25, -0.2) is 0 Å². The number of halogens is 1. The first-order valence-electron chi connectivity index (χ1n) is 7.96. The van der Waals surface area contributed by atoms with E-state index >= 15 is 0 Å². The van der Waals surface area contributed by atoms with Crippen LogP contribution in [-0.2, 0) is 6.54 Å². The molecule has 4 heteroatoms. The summed E-state index contributed by atoms with van der Waals surface area (Å²) in [5, 5.41) is 1.74. The average Bonchev–Trinajstić information content (AvgIpc) is 2.83. The number of fused-ring (bicyclic) bond motifs is 1. The molecular formula is C20H20ClNO2. The minimum atomic E-state index is 0.0942. The van der Waals surface area contributed by atoms with Crippen LogP contribution in [0.4, 0.5) is 0 Å². The number of ether oxygens (including phenoxy) is 1. The molecule has 0 saturated carbocycles. The third-order valence-electron chi connectivity index (χ3n) is 4.30. The predicted octanol–water partition coefficient (Wildman–Crippen LogP) is 5.19. The summed E-state index contributed by atoms with van der Waals surface area (Å²) in [5.74, 6) is 0.898. The quantitative estimate of drug-likeness (QED) is 0.598. The van der Waals surface area contributed by atoms with Gasteiger partial charge in [0.15, 0.2) is 5.78 Å².